The summed E-state index contributed by atoms with van der Waals surface area (Å²) in [6.07, 6.45) is 0. The number of sulfonamides is 1. The van der Waals surface area contributed by atoms with E-state index in [4.69, 9.17) is 0 Å². The Labute approximate surface area is 170 Å². The average molecular weight is 494 g/mol. The van der Waals surface area contributed by atoms with Gasteiger partial charge in [0.1, 0.15) is 4.21 Å². The van der Waals surface area contributed by atoms with E-state index < -0.39 is 10.0 Å². The van der Waals surface area contributed by atoms with Crippen LogP contribution in [-0.4, -0.2) is 34.0 Å². The minimum absolute atomic E-state index is 0. The van der Waals surface area contributed by atoms with Gasteiger partial charge in [0.05, 0.1) is 6.54 Å². The molecule has 1 heterocycles. The molecule has 0 aliphatic rings. The largest absolute Gasteiger partial charge is 0.357 e. The van der Waals surface area contributed by atoms with Crippen molar-refractivity contribution in [1.29, 1.82) is 0 Å². The Morgan fingerprint density at radius 1 is 1.08 bits per heavy atom. The highest BCUT2D eigenvalue weighted by atomic mass is 127. The Morgan fingerprint density at radius 3 is 2.48 bits per heavy atom. The lowest BCUT2D eigenvalue weighted by Crippen LogP contribution is -2.41. The standard InChI is InChI=1S/C16H22N4O2S2.HI/c1-2-17-16(19-13-14-7-4-3-5-8-14)18-10-11-20-24(21,22)15-9-6-12-23-15;/h3-9,12,20H,2,10-11,13H2,1H3,(H2,17,18,19);1H. The molecule has 0 aliphatic carbocycles. The van der Waals surface area contributed by atoms with Crippen LogP contribution in [0.1, 0.15) is 12.5 Å². The van der Waals surface area contributed by atoms with Crippen molar-refractivity contribution in [3.8, 4) is 0 Å². The number of hydrogen-bond acceptors (Lipinski definition) is 4. The molecule has 1 aromatic carbocycles. The second kappa shape index (κ2) is 11.4. The first-order valence-electron chi connectivity index (χ1n) is 7.71. The van der Waals surface area contributed by atoms with Gasteiger partial charge in [-0.3, -0.25) is 0 Å². The van der Waals surface area contributed by atoms with Crippen molar-refractivity contribution in [3.63, 3.8) is 0 Å². The summed E-state index contributed by atoms with van der Waals surface area (Å²) in [7, 11) is -3.41. The van der Waals surface area contributed by atoms with Crippen LogP contribution >= 0.6 is 35.3 Å². The predicted octanol–water partition coefficient (Wildman–Crippen LogP) is 2.40. The summed E-state index contributed by atoms with van der Waals surface area (Å²) in [4.78, 5) is 4.49. The van der Waals surface area contributed by atoms with Gasteiger partial charge in [-0.1, -0.05) is 36.4 Å². The fourth-order valence-electron chi connectivity index (χ4n) is 1.95. The van der Waals surface area contributed by atoms with Crippen LogP contribution in [-0.2, 0) is 16.6 Å². The van der Waals surface area contributed by atoms with Crippen molar-refractivity contribution >= 4 is 51.3 Å². The first kappa shape index (κ1) is 21.9. The number of aliphatic imine (C=N–C) groups is 1. The second-order valence-electron chi connectivity index (χ2n) is 4.94. The van der Waals surface area contributed by atoms with Gasteiger partial charge in [-0.15, -0.1) is 35.3 Å². The smallest absolute Gasteiger partial charge is 0.250 e. The molecule has 1 aromatic heterocycles. The fourth-order valence-corrected chi connectivity index (χ4v) is 4.02. The average Bonchev–Trinajstić information content (AvgIpc) is 3.13. The Hall–Kier alpha value is -1.17. The van der Waals surface area contributed by atoms with E-state index in [0.29, 0.717) is 23.3 Å². The SMILES string of the molecule is CCNC(=NCc1ccccc1)NCCNS(=O)(=O)c1cccs1.I. The monoisotopic (exact) mass is 494 g/mol. The zero-order valence-corrected chi connectivity index (χ0v) is 17.9. The zero-order valence-electron chi connectivity index (χ0n) is 13.9. The third kappa shape index (κ3) is 7.72. The summed E-state index contributed by atoms with van der Waals surface area (Å²) < 4.78 is 26.9. The normalized spacial score (nSPS) is 11.6. The molecular weight excluding hydrogens is 471 g/mol. The highest BCUT2D eigenvalue weighted by Gasteiger charge is 2.13. The van der Waals surface area contributed by atoms with Gasteiger partial charge in [0, 0.05) is 19.6 Å². The summed E-state index contributed by atoms with van der Waals surface area (Å²) >= 11 is 1.20. The summed E-state index contributed by atoms with van der Waals surface area (Å²) in [5.74, 6) is 0.664. The van der Waals surface area contributed by atoms with Crippen LogP contribution in [0.5, 0.6) is 0 Å². The summed E-state index contributed by atoms with van der Waals surface area (Å²) in [5.41, 5.74) is 1.12. The number of nitrogens with zero attached hydrogens (tertiary/aromatic N) is 1. The molecule has 0 amide bonds. The fraction of sp³-hybridized carbons (Fsp3) is 0.312. The Balaban J connectivity index is 0.00000312. The lowest BCUT2D eigenvalue weighted by molar-refractivity contribution is 0.582. The predicted molar refractivity (Wildman–Crippen MR) is 114 cm³/mol. The molecule has 0 saturated carbocycles. The lowest BCUT2D eigenvalue weighted by atomic mass is 10.2. The molecule has 138 valence electrons. The van der Waals surface area contributed by atoms with E-state index in [-0.39, 0.29) is 30.5 Å². The molecule has 9 heteroatoms. The van der Waals surface area contributed by atoms with Gasteiger partial charge in [0.15, 0.2) is 5.96 Å². The van der Waals surface area contributed by atoms with E-state index in [9.17, 15) is 8.42 Å². The second-order valence-corrected chi connectivity index (χ2v) is 7.88. The van der Waals surface area contributed by atoms with E-state index in [1.54, 1.807) is 17.5 Å². The van der Waals surface area contributed by atoms with Crippen molar-refractivity contribution in [1.82, 2.24) is 15.4 Å². The number of nitrogens with one attached hydrogen (secondary N) is 3. The van der Waals surface area contributed by atoms with E-state index in [2.05, 4.69) is 20.3 Å². The molecule has 0 radical (unpaired) electrons. The molecule has 0 atom stereocenters. The quantitative estimate of drug-likeness (QED) is 0.228. The molecule has 0 aliphatic heterocycles. The van der Waals surface area contributed by atoms with Crippen molar-refractivity contribution in [2.45, 2.75) is 17.7 Å². The Bertz CT molecular complexity index is 735. The molecule has 3 N–H and O–H groups in total. The van der Waals surface area contributed by atoms with Crippen LogP contribution in [0.15, 0.2) is 57.0 Å². The van der Waals surface area contributed by atoms with Crippen molar-refractivity contribution in [2.75, 3.05) is 19.6 Å². The number of benzene rings is 1. The zero-order chi connectivity index (χ0) is 17.3. The van der Waals surface area contributed by atoms with E-state index >= 15 is 0 Å². The van der Waals surface area contributed by atoms with Gasteiger partial charge in [-0.05, 0) is 23.9 Å². The molecule has 0 spiro atoms. The topological polar surface area (TPSA) is 82.6 Å². The van der Waals surface area contributed by atoms with Crippen molar-refractivity contribution in [2.24, 2.45) is 4.99 Å². The third-order valence-electron chi connectivity index (χ3n) is 3.08. The van der Waals surface area contributed by atoms with Gasteiger partial charge in [-0.2, -0.15) is 0 Å². The number of hydrogen-bond donors (Lipinski definition) is 3. The highest BCUT2D eigenvalue weighted by molar-refractivity contribution is 14.0. The maximum absolute atomic E-state index is 12.0. The molecule has 0 bridgehead atoms. The maximum Gasteiger partial charge on any atom is 0.250 e. The van der Waals surface area contributed by atoms with Crippen molar-refractivity contribution in [3.05, 3.63) is 53.4 Å². The molecule has 2 rings (SSSR count). The summed E-state index contributed by atoms with van der Waals surface area (Å²) in [6.45, 7) is 4.03. The molecule has 0 saturated heterocycles. The third-order valence-corrected chi connectivity index (χ3v) is 5.93. The maximum atomic E-state index is 12.0. The first-order valence-corrected chi connectivity index (χ1v) is 10.1. The van der Waals surface area contributed by atoms with Gasteiger partial charge < -0.3 is 10.6 Å². The van der Waals surface area contributed by atoms with E-state index in [1.165, 1.54) is 11.3 Å². The van der Waals surface area contributed by atoms with Gasteiger partial charge in [0.25, 0.3) is 0 Å². The number of rotatable bonds is 8. The van der Waals surface area contributed by atoms with Crippen LogP contribution in [0.25, 0.3) is 0 Å². The molecule has 0 unspecified atom stereocenters. The minimum Gasteiger partial charge on any atom is -0.357 e. The van der Waals surface area contributed by atoms with Gasteiger partial charge >= 0.3 is 0 Å². The van der Waals surface area contributed by atoms with Crippen LogP contribution in [0.3, 0.4) is 0 Å². The molecule has 25 heavy (non-hydrogen) atoms. The van der Waals surface area contributed by atoms with E-state index in [1.807, 2.05) is 37.3 Å². The molecule has 2 aromatic rings. The van der Waals surface area contributed by atoms with Crippen LogP contribution in [0.4, 0.5) is 0 Å². The molecular formula is C16H23IN4O2S2. The van der Waals surface area contributed by atoms with Crippen LogP contribution < -0.4 is 15.4 Å². The van der Waals surface area contributed by atoms with Crippen LogP contribution in [0, 0.1) is 0 Å². The van der Waals surface area contributed by atoms with E-state index in [0.717, 1.165) is 12.1 Å². The van der Waals surface area contributed by atoms with Gasteiger partial charge in [-0.25, -0.2) is 18.1 Å². The number of halogens is 1. The molecule has 6 nitrogen and oxygen atoms in total. The lowest BCUT2D eigenvalue weighted by Gasteiger charge is -2.11. The summed E-state index contributed by atoms with van der Waals surface area (Å²) in [5, 5.41) is 8.01. The Kier molecular flexibility index (Phi) is 10.0. The van der Waals surface area contributed by atoms with Crippen molar-refractivity contribution < 1.29 is 8.42 Å². The summed E-state index contributed by atoms with van der Waals surface area (Å²) in [6, 6.07) is 13.3. The highest BCUT2D eigenvalue weighted by Crippen LogP contribution is 2.14. The van der Waals surface area contributed by atoms with Crippen LogP contribution in [0.2, 0.25) is 0 Å². The Morgan fingerprint density at radius 2 is 1.84 bits per heavy atom. The number of guanidine groups is 1. The van der Waals surface area contributed by atoms with Gasteiger partial charge in [0.2, 0.25) is 10.0 Å². The minimum atomic E-state index is -3.41. The number of thiophene rings is 1. The first-order chi connectivity index (χ1) is 11.6. The molecule has 0 fully saturated rings.